The van der Waals surface area contributed by atoms with Gasteiger partial charge in [0.1, 0.15) is 12.2 Å². The van der Waals surface area contributed by atoms with Gasteiger partial charge in [0, 0.05) is 6.04 Å². The smallest absolute Gasteiger partial charge is 0.301 e. The highest BCUT2D eigenvalue weighted by atomic mass is 32.1. The van der Waals surface area contributed by atoms with Crippen LogP contribution in [0.15, 0.2) is 0 Å². The number of halogens is 3. The Balaban J connectivity index is 2.29. The molecule has 1 aromatic heterocycles. The Labute approximate surface area is 82.9 Å². The summed E-state index contributed by atoms with van der Waals surface area (Å²) in [4.78, 5) is 0. The summed E-state index contributed by atoms with van der Waals surface area (Å²) in [6, 6.07) is 0.124. The molecule has 3 nitrogen and oxygen atoms in total. The van der Waals surface area contributed by atoms with Crippen molar-refractivity contribution in [2.45, 2.75) is 31.5 Å². The van der Waals surface area contributed by atoms with Crippen molar-refractivity contribution in [3.8, 4) is 0 Å². The molecule has 14 heavy (non-hydrogen) atoms. The van der Waals surface area contributed by atoms with Gasteiger partial charge in [0.2, 0.25) is 0 Å². The number of rotatable bonds is 2. The first kappa shape index (κ1) is 9.70. The summed E-state index contributed by atoms with van der Waals surface area (Å²) in [7, 11) is 0. The van der Waals surface area contributed by atoms with Gasteiger partial charge < -0.3 is 4.57 Å². The molecular weight excluding hydrogens is 215 g/mol. The second-order valence-corrected chi connectivity index (χ2v) is 3.72. The van der Waals surface area contributed by atoms with Crippen molar-refractivity contribution in [1.29, 1.82) is 0 Å². The van der Waals surface area contributed by atoms with E-state index in [4.69, 9.17) is 12.2 Å². The van der Waals surface area contributed by atoms with E-state index in [0.29, 0.717) is 0 Å². The van der Waals surface area contributed by atoms with Crippen molar-refractivity contribution in [3.63, 3.8) is 0 Å². The van der Waals surface area contributed by atoms with Crippen molar-refractivity contribution in [2.75, 3.05) is 0 Å². The molecule has 0 atom stereocenters. The van der Waals surface area contributed by atoms with Gasteiger partial charge in [-0.2, -0.15) is 18.3 Å². The zero-order valence-corrected chi connectivity index (χ0v) is 7.95. The molecular formula is C7H8F3N3S. The number of aromatic amines is 1. The zero-order valence-electron chi connectivity index (χ0n) is 7.14. The number of hydrogen-bond donors (Lipinski definition) is 1. The molecule has 78 valence electrons. The van der Waals surface area contributed by atoms with Gasteiger partial charge in [-0.25, -0.2) is 0 Å². The van der Waals surface area contributed by atoms with Gasteiger partial charge in [0.05, 0.1) is 0 Å². The summed E-state index contributed by atoms with van der Waals surface area (Å²) < 4.78 is 38.1. The van der Waals surface area contributed by atoms with Crippen LogP contribution in [0.2, 0.25) is 0 Å². The van der Waals surface area contributed by atoms with Crippen LogP contribution < -0.4 is 0 Å². The molecule has 0 spiro atoms. The molecule has 1 aromatic rings. The quantitative estimate of drug-likeness (QED) is 0.781. The summed E-state index contributed by atoms with van der Waals surface area (Å²) in [5, 5.41) is 5.99. The minimum absolute atomic E-state index is 0.00926. The lowest BCUT2D eigenvalue weighted by atomic mass is 10.4. The number of H-pyrrole nitrogens is 1. The van der Waals surface area contributed by atoms with E-state index in [2.05, 4.69) is 10.2 Å². The topological polar surface area (TPSA) is 33.6 Å². The summed E-state index contributed by atoms with van der Waals surface area (Å²) in [6.07, 6.45) is -3.47. The number of nitrogens with zero attached hydrogens (tertiary/aromatic N) is 2. The standard InChI is InChI=1S/C7H8F3N3S/c8-7(9,10)3-5-11-12-6(14)13(5)4-1-2-4/h4H,1-3H2,(H,12,14). The third-order valence-electron chi connectivity index (χ3n) is 2.05. The molecule has 1 N–H and O–H groups in total. The van der Waals surface area contributed by atoms with Gasteiger partial charge in [-0.1, -0.05) is 0 Å². The van der Waals surface area contributed by atoms with E-state index in [-0.39, 0.29) is 16.6 Å². The lowest BCUT2D eigenvalue weighted by Gasteiger charge is -2.07. The summed E-state index contributed by atoms with van der Waals surface area (Å²) >= 11 is 4.86. The monoisotopic (exact) mass is 223 g/mol. The SMILES string of the molecule is FC(F)(F)Cc1n[nH]c(=S)n1C1CC1. The number of hydrogen-bond acceptors (Lipinski definition) is 2. The molecule has 0 aromatic carbocycles. The number of alkyl halides is 3. The first-order valence-corrected chi connectivity index (χ1v) is 4.61. The lowest BCUT2D eigenvalue weighted by Crippen LogP contribution is -2.16. The molecule has 0 saturated heterocycles. The molecule has 1 fully saturated rings. The van der Waals surface area contributed by atoms with Crippen LogP contribution >= 0.6 is 12.2 Å². The second-order valence-electron chi connectivity index (χ2n) is 3.34. The van der Waals surface area contributed by atoms with Crippen LogP contribution in [0.1, 0.15) is 24.7 Å². The number of aromatic nitrogens is 3. The highest BCUT2D eigenvalue weighted by molar-refractivity contribution is 7.71. The summed E-state index contributed by atoms with van der Waals surface area (Å²) in [6.45, 7) is 0. The van der Waals surface area contributed by atoms with Gasteiger partial charge in [-0.3, -0.25) is 5.10 Å². The van der Waals surface area contributed by atoms with Gasteiger partial charge in [0.25, 0.3) is 0 Å². The van der Waals surface area contributed by atoms with Crippen LogP contribution in [0, 0.1) is 4.77 Å². The predicted octanol–water partition coefficient (Wildman–Crippen LogP) is 2.38. The molecule has 0 amide bonds. The first-order chi connectivity index (χ1) is 6.47. The maximum Gasteiger partial charge on any atom is 0.396 e. The van der Waals surface area contributed by atoms with Crippen LogP contribution in [0.25, 0.3) is 0 Å². The molecule has 1 aliphatic rings. The molecule has 7 heteroatoms. The summed E-state index contributed by atoms with van der Waals surface area (Å²) in [5.41, 5.74) is 0. The predicted molar refractivity (Wildman–Crippen MR) is 45.4 cm³/mol. The molecule has 1 heterocycles. The number of nitrogens with one attached hydrogen (secondary N) is 1. The van der Waals surface area contributed by atoms with E-state index >= 15 is 0 Å². The molecule has 0 unspecified atom stereocenters. The Bertz CT molecular complexity index is 388. The maximum absolute atomic E-state index is 12.1. The zero-order chi connectivity index (χ0) is 10.3. The van der Waals surface area contributed by atoms with Gasteiger partial charge in [0.15, 0.2) is 4.77 Å². The Morgan fingerprint density at radius 2 is 2.14 bits per heavy atom. The molecule has 0 radical (unpaired) electrons. The van der Waals surface area contributed by atoms with Crippen molar-refractivity contribution in [2.24, 2.45) is 0 Å². The van der Waals surface area contributed by atoms with Crippen LogP contribution in [-0.4, -0.2) is 20.9 Å². The van der Waals surface area contributed by atoms with Crippen molar-refractivity contribution >= 4 is 12.2 Å². The Morgan fingerprint density at radius 1 is 1.50 bits per heavy atom. The fourth-order valence-electron chi connectivity index (χ4n) is 1.35. The average molecular weight is 223 g/mol. The van der Waals surface area contributed by atoms with Crippen LogP contribution in [0.3, 0.4) is 0 Å². The highest BCUT2D eigenvalue weighted by Crippen LogP contribution is 2.36. The van der Waals surface area contributed by atoms with Crippen LogP contribution in [-0.2, 0) is 6.42 Å². The molecule has 1 saturated carbocycles. The van der Waals surface area contributed by atoms with Crippen LogP contribution in [0.5, 0.6) is 0 Å². The fourth-order valence-corrected chi connectivity index (χ4v) is 1.65. The third-order valence-corrected chi connectivity index (χ3v) is 2.34. The minimum atomic E-state index is -4.23. The average Bonchev–Trinajstić information content (AvgIpc) is 2.77. The van der Waals surface area contributed by atoms with Gasteiger partial charge in [-0.15, -0.1) is 0 Å². The van der Waals surface area contributed by atoms with Gasteiger partial charge >= 0.3 is 6.18 Å². The van der Waals surface area contributed by atoms with E-state index in [1.807, 2.05) is 0 Å². The van der Waals surface area contributed by atoms with Gasteiger partial charge in [-0.05, 0) is 25.1 Å². The summed E-state index contributed by atoms with van der Waals surface area (Å²) in [5.74, 6) is -0.00926. The minimum Gasteiger partial charge on any atom is -0.301 e. The Hall–Kier alpha value is -0.850. The van der Waals surface area contributed by atoms with E-state index in [9.17, 15) is 13.2 Å². The van der Waals surface area contributed by atoms with Crippen molar-refractivity contribution in [1.82, 2.24) is 14.8 Å². The van der Waals surface area contributed by atoms with Crippen molar-refractivity contribution < 1.29 is 13.2 Å². The normalized spacial score (nSPS) is 17.4. The van der Waals surface area contributed by atoms with E-state index < -0.39 is 12.6 Å². The Kier molecular flexibility index (Phi) is 2.13. The largest absolute Gasteiger partial charge is 0.396 e. The molecule has 1 aliphatic carbocycles. The van der Waals surface area contributed by atoms with E-state index in [1.54, 1.807) is 0 Å². The second kappa shape index (κ2) is 3.08. The fraction of sp³-hybridized carbons (Fsp3) is 0.714. The molecule has 0 bridgehead atoms. The third kappa shape index (κ3) is 1.97. The van der Waals surface area contributed by atoms with E-state index in [1.165, 1.54) is 4.57 Å². The first-order valence-electron chi connectivity index (χ1n) is 4.20. The molecule has 0 aliphatic heterocycles. The van der Waals surface area contributed by atoms with E-state index in [0.717, 1.165) is 12.8 Å². The lowest BCUT2D eigenvalue weighted by molar-refractivity contribution is -0.129. The van der Waals surface area contributed by atoms with Crippen LogP contribution in [0.4, 0.5) is 13.2 Å². The maximum atomic E-state index is 12.1. The highest BCUT2D eigenvalue weighted by Gasteiger charge is 2.34. The van der Waals surface area contributed by atoms with Crippen molar-refractivity contribution in [3.05, 3.63) is 10.6 Å². The molecule has 2 rings (SSSR count). The Morgan fingerprint density at radius 3 is 2.64 bits per heavy atom.